The molecule has 0 aliphatic heterocycles. The second-order valence-electron chi connectivity index (χ2n) is 10.7. The number of nitriles is 1. The third-order valence-electron chi connectivity index (χ3n) is 8.36. The van der Waals surface area contributed by atoms with Crippen molar-refractivity contribution in [1.29, 1.82) is 5.26 Å². The normalized spacial score (nSPS) is 11.1. The molecule has 0 unspecified atom stereocenters. The third kappa shape index (κ3) is 3.63. The molecule has 0 saturated heterocycles. The Morgan fingerprint density at radius 1 is 0.523 bits per heavy atom. The zero-order valence-corrected chi connectivity index (χ0v) is 23.4. The number of benzene rings is 6. The Balaban J connectivity index is 1.49. The zero-order valence-electron chi connectivity index (χ0n) is 23.4. The van der Waals surface area contributed by atoms with Gasteiger partial charge in [-0.25, -0.2) is 9.69 Å². The Morgan fingerprint density at radius 2 is 1.20 bits per heavy atom. The lowest BCUT2D eigenvalue weighted by atomic mass is 9.97. The summed E-state index contributed by atoms with van der Waals surface area (Å²) in [6, 6.07) is 44.7. The number of rotatable bonds is 3. The summed E-state index contributed by atoms with van der Waals surface area (Å²) in [6.07, 6.45) is 0. The maximum absolute atomic E-state index is 9.63. The molecule has 0 spiro atoms. The average Bonchev–Trinajstić information content (AvgIpc) is 3.60. The topological polar surface area (TPSA) is 42.4 Å². The van der Waals surface area contributed by atoms with E-state index in [0.717, 1.165) is 66.1 Å². The first-order valence-electron chi connectivity index (χ1n) is 14.2. The Hall–Kier alpha value is -6.61. The zero-order chi connectivity index (χ0) is 29.8. The highest BCUT2D eigenvalue weighted by molar-refractivity contribution is 6.17. The summed E-state index contributed by atoms with van der Waals surface area (Å²) in [6.45, 7) is 15.3. The molecule has 0 radical (unpaired) electrons. The molecule has 0 atom stereocenters. The Bertz CT molecular complexity index is 2600. The van der Waals surface area contributed by atoms with Crippen LogP contribution in [-0.4, -0.2) is 9.13 Å². The summed E-state index contributed by atoms with van der Waals surface area (Å²) < 4.78 is 4.46. The fourth-order valence-electron chi connectivity index (χ4n) is 6.53. The van der Waals surface area contributed by atoms with Crippen LogP contribution in [0, 0.1) is 24.5 Å². The van der Waals surface area contributed by atoms with Gasteiger partial charge in [0.1, 0.15) is 0 Å². The molecule has 5 heteroatoms. The summed E-state index contributed by atoms with van der Waals surface area (Å²) in [5, 5.41) is 13.8. The molecular formula is C39H21N5. The van der Waals surface area contributed by atoms with Gasteiger partial charge in [-0.3, -0.25) is 0 Å². The fraction of sp³-hybridized carbons (Fsp3) is 0. The molecule has 2 heterocycles. The van der Waals surface area contributed by atoms with Crippen LogP contribution in [0.15, 0.2) is 127 Å². The number of aromatic nitrogens is 2. The van der Waals surface area contributed by atoms with Gasteiger partial charge in [-0.2, -0.15) is 5.26 Å². The van der Waals surface area contributed by atoms with Gasteiger partial charge >= 0.3 is 0 Å². The number of fused-ring (bicyclic) bond motifs is 6. The highest BCUT2D eigenvalue weighted by atomic mass is 15.0. The Kier molecular flexibility index (Phi) is 5.56. The van der Waals surface area contributed by atoms with Crippen LogP contribution in [0.1, 0.15) is 5.56 Å². The summed E-state index contributed by atoms with van der Waals surface area (Å²) in [7, 11) is 0. The molecule has 8 rings (SSSR count). The van der Waals surface area contributed by atoms with E-state index < -0.39 is 0 Å². The van der Waals surface area contributed by atoms with Crippen molar-refractivity contribution in [3.8, 4) is 28.6 Å². The highest BCUT2D eigenvalue weighted by Gasteiger charge is 2.20. The molecule has 0 amide bonds. The molecule has 5 nitrogen and oxygen atoms in total. The first kappa shape index (κ1) is 25.1. The smallest absolute Gasteiger partial charge is 0.189 e. The van der Waals surface area contributed by atoms with Gasteiger partial charge < -0.3 is 9.13 Å². The van der Waals surface area contributed by atoms with Crippen LogP contribution in [0.2, 0.25) is 0 Å². The second kappa shape index (κ2) is 9.74. The lowest BCUT2D eigenvalue weighted by Crippen LogP contribution is -1.97. The van der Waals surface area contributed by atoms with E-state index >= 15 is 0 Å². The molecule has 8 aromatic rings. The summed E-state index contributed by atoms with van der Waals surface area (Å²) in [5.74, 6) is 0. The van der Waals surface area contributed by atoms with Crippen molar-refractivity contribution in [3.05, 3.63) is 156 Å². The van der Waals surface area contributed by atoms with E-state index in [0.29, 0.717) is 16.9 Å². The molecule has 6 aromatic carbocycles. The maximum atomic E-state index is 9.63. The predicted octanol–water partition coefficient (Wildman–Crippen LogP) is 10.5. The van der Waals surface area contributed by atoms with Crippen molar-refractivity contribution in [1.82, 2.24) is 9.13 Å². The van der Waals surface area contributed by atoms with Crippen LogP contribution >= 0.6 is 0 Å². The first-order chi connectivity index (χ1) is 21.7. The molecule has 0 fully saturated rings. The standard InChI is InChI=1S/C39H21N5/c1-41-26-9-7-10-28(22-26)43-37-20-18-27(42-2)23-33(37)39-31(13-8-16-38(39)43)29-11-3-5-14-34(29)44-35-15-6-4-12-30(35)32-21-25(24-40)17-19-36(32)44/h3-23H. The van der Waals surface area contributed by atoms with Gasteiger partial charge in [0.25, 0.3) is 0 Å². The van der Waals surface area contributed by atoms with Crippen LogP contribution in [-0.2, 0) is 0 Å². The molecule has 0 aliphatic rings. The van der Waals surface area contributed by atoms with Gasteiger partial charge in [-0.05, 0) is 71.6 Å². The molecule has 0 saturated carbocycles. The van der Waals surface area contributed by atoms with E-state index in [9.17, 15) is 5.26 Å². The van der Waals surface area contributed by atoms with Crippen LogP contribution in [0.3, 0.4) is 0 Å². The lowest BCUT2D eigenvalue weighted by Gasteiger charge is -2.15. The lowest BCUT2D eigenvalue weighted by molar-refractivity contribution is 1.18. The molecule has 2 aromatic heterocycles. The van der Waals surface area contributed by atoms with Crippen molar-refractivity contribution < 1.29 is 0 Å². The number of nitrogens with zero attached hydrogens (tertiary/aromatic N) is 5. The van der Waals surface area contributed by atoms with E-state index in [-0.39, 0.29) is 0 Å². The van der Waals surface area contributed by atoms with E-state index in [1.165, 1.54) is 0 Å². The van der Waals surface area contributed by atoms with Gasteiger partial charge in [0, 0.05) is 27.4 Å². The van der Waals surface area contributed by atoms with Gasteiger partial charge in [0.05, 0.1) is 52.5 Å². The molecule has 0 aliphatic carbocycles. The summed E-state index contributed by atoms with van der Waals surface area (Å²) in [4.78, 5) is 7.42. The van der Waals surface area contributed by atoms with Crippen LogP contribution in [0.5, 0.6) is 0 Å². The van der Waals surface area contributed by atoms with E-state index in [1.54, 1.807) is 0 Å². The van der Waals surface area contributed by atoms with Crippen molar-refractivity contribution in [2.45, 2.75) is 0 Å². The van der Waals surface area contributed by atoms with Gasteiger partial charge in [-0.15, -0.1) is 0 Å². The van der Waals surface area contributed by atoms with E-state index in [4.69, 9.17) is 13.1 Å². The van der Waals surface area contributed by atoms with Crippen molar-refractivity contribution in [2.75, 3.05) is 0 Å². The van der Waals surface area contributed by atoms with E-state index in [2.05, 4.69) is 79.5 Å². The van der Waals surface area contributed by atoms with Gasteiger partial charge in [0.2, 0.25) is 0 Å². The SMILES string of the molecule is [C-]#[N+]c1cccc(-n2c3ccc([N+]#[C-])cc3c3c(-c4ccccc4-n4c5ccccc5c5cc(C#N)ccc54)cccc32)c1. The van der Waals surface area contributed by atoms with Crippen LogP contribution < -0.4 is 0 Å². The van der Waals surface area contributed by atoms with Crippen LogP contribution in [0.25, 0.3) is 75.8 Å². The number of para-hydroxylation sites is 2. The molecule has 0 bridgehead atoms. The minimum Gasteiger partial charge on any atom is -0.311 e. The molecule has 0 N–H and O–H groups in total. The largest absolute Gasteiger partial charge is 0.311 e. The van der Waals surface area contributed by atoms with Crippen molar-refractivity contribution >= 4 is 55.0 Å². The maximum Gasteiger partial charge on any atom is 0.189 e. The third-order valence-corrected chi connectivity index (χ3v) is 8.36. The Labute approximate surface area is 253 Å². The molecule has 202 valence electrons. The summed E-state index contributed by atoms with van der Waals surface area (Å²) >= 11 is 0. The number of hydrogen-bond donors (Lipinski definition) is 0. The minimum atomic E-state index is 0.572. The fourth-order valence-corrected chi connectivity index (χ4v) is 6.53. The average molecular weight is 560 g/mol. The minimum absolute atomic E-state index is 0.572. The van der Waals surface area contributed by atoms with Crippen molar-refractivity contribution in [2.24, 2.45) is 0 Å². The predicted molar refractivity (Wildman–Crippen MR) is 178 cm³/mol. The van der Waals surface area contributed by atoms with Gasteiger partial charge in [0.15, 0.2) is 11.4 Å². The molecular weight excluding hydrogens is 538 g/mol. The Morgan fingerprint density at radius 3 is 2.07 bits per heavy atom. The van der Waals surface area contributed by atoms with Crippen LogP contribution in [0.4, 0.5) is 11.4 Å². The quantitative estimate of drug-likeness (QED) is 0.199. The monoisotopic (exact) mass is 559 g/mol. The molecule has 44 heavy (non-hydrogen) atoms. The van der Waals surface area contributed by atoms with E-state index in [1.807, 2.05) is 72.8 Å². The second-order valence-corrected chi connectivity index (χ2v) is 10.7. The highest BCUT2D eigenvalue weighted by Crippen LogP contribution is 2.43. The summed E-state index contributed by atoms with van der Waals surface area (Å²) in [5.41, 5.74) is 9.85. The van der Waals surface area contributed by atoms with Crippen molar-refractivity contribution in [3.63, 3.8) is 0 Å². The van der Waals surface area contributed by atoms with Gasteiger partial charge in [-0.1, -0.05) is 66.7 Å². The number of hydrogen-bond acceptors (Lipinski definition) is 1. The first-order valence-corrected chi connectivity index (χ1v) is 14.2.